The zero-order valence-electron chi connectivity index (χ0n) is 36.8. The molecule has 0 saturated carbocycles. The molecule has 346 valence electrons. The summed E-state index contributed by atoms with van der Waals surface area (Å²) < 4.78 is 54.0. The van der Waals surface area contributed by atoms with Crippen LogP contribution in [0.3, 0.4) is 0 Å². The van der Waals surface area contributed by atoms with Crippen molar-refractivity contribution < 1.29 is 56.8 Å². The van der Waals surface area contributed by atoms with Crippen LogP contribution in [0.2, 0.25) is 0 Å². The molecule has 0 aliphatic carbocycles. The number of carbonyl (C=O) groups excluding carboxylic acids is 2. The molecule has 0 amide bonds. The van der Waals surface area contributed by atoms with Crippen LogP contribution in [0.1, 0.15) is 168 Å². The van der Waals surface area contributed by atoms with E-state index in [1.165, 1.54) is 57.8 Å². The Kier molecular flexibility index (Phi) is 34.1. The Morgan fingerprint density at radius 1 is 0.567 bits per heavy atom. The van der Waals surface area contributed by atoms with Crippen molar-refractivity contribution in [1.82, 2.24) is 0 Å². The highest BCUT2D eigenvalue weighted by Gasteiger charge is 2.46. The van der Waals surface area contributed by atoms with E-state index in [0.717, 1.165) is 70.6 Å². The fourth-order valence-corrected chi connectivity index (χ4v) is 7.18. The SMILES string of the molecule is CCC/C=C/C/C=C/C/C=C/C/C=C/CCCCCC(=O)O[C@H](COC(=O)CCCCC/C=C/CCCCCCCCCC)CO[C@H]1O[C@H](CS(=O)(=O)O)[C@@H](O)C(O)C1O. The number of hydrogen-bond acceptors (Lipinski definition) is 11. The lowest BCUT2D eigenvalue weighted by atomic mass is 10.00. The highest BCUT2D eigenvalue weighted by atomic mass is 32.2. The van der Waals surface area contributed by atoms with Crippen molar-refractivity contribution in [3.63, 3.8) is 0 Å². The number of aliphatic hydroxyl groups is 3. The van der Waals surface area contributed by atoms with E-state index in [1.807, 2.05) is 0 Å². The van der Waals surface area contributed by atoms with Crippen LogP contribution in [0, 0.1) is 0 Å². The Balaban J connectivity index is 2.49. The molecule has 1 aliphatic heterocycles. The average molecular weight is 869 g/mol. The Hall–Kier alpha value is -2.65. The van der Waals surface area contributed by atoms with Gasteiger partial charge < -0.3 is 34.3 Å². The van der Waals surface area contributed by atoms with Gasteiger partial charge in [0.05, 0.1) is 6.61 Å². The van der Waals surface area contributed by atoms with E-state index >= 15 is 0 Å². The molecule has 60 heavy (non-hydrogen) atoms. The van der Waals surface area contributed by atoms with Gasteiger partial charge in [-0.3, -0.25) is 14.1 Å². The summed E-state index contributed by atoms with van der Waals surface area (Å²) in [5.41, 5.74) is 0. The first kappa shape index (κ1) is 55.4. The molecule has 2 unspecified atom stereocenters. The van der Waals surface area contributed by atoms with Crippen LogP contribution in [0.15, 0.2) is 60.8 Å². The first-order valence-corrected chi connectivity index (χ1v) is 24.5. The summed E-state index contributed by atoms with van der Waals surface area (Å²) >= 11 is 0. The van der Waals surface area contributed by atoms with Gasteiger partial charge in [0.1, 0.15) is 36.8 Å². The molecule has 0 radical (unpaired) electrons. The fraction of sp³-hybridized carbons (Fsp3) is 0.745. The van der Waals surface area contributed by atoms with Gasteiger partial charge in [0, 0.05) is 12.8 Å². The number of unbranched alkanes of at least 4 members (excludes halogenated alkanes) is 15. The molecule has 0 aromatic heterocycles. The summed E-state index contributed by atoms with van der Waals surface area (Å²) in [6.45, 7) is 3.64. The second kappa shape index (κ2) is 37.0. The molecule has 0 aromatic carbocycles. The van der Waals surface area contributed by atoms with Gasteiger partial charge in [-0.2, -0.15) is 8.42 Å². The van der Waals surface area contributed by atoms with Gasteiger partial charge in [-0.05, 0) is 77.0 Å². The maximum Gasteiger partial charge on any atom is 0.306 e. The lowest BCUT2D eigenvalue weighted by Gasteiger charge is -2.40. The summed E-state index contributed by atoms with van der Waals surface area (Å²) in [6.07, 6.45) is 35.5. The largest absolute Gasteiger partial charge is 0.462 e. The van der Waals surface area contributed by atoms with Crippen molar-refractivity contribution in [3.05, 3.63) is 60.8 Å². The molecular formula is C47H80O12S. The smallest absolute Gasteiger partial charge is 0.306 e. The van der Waals surface area contributed by atoms with Gasteiger partial charge in [0.25, 0.3) is 10.1 Å². The second-order valence-electron chi connectivity index (χ2n) is 15.7. The molecule has 1 heterocycles. The van der Waals surface area contributed by atoms with E-state index in [-0.39, 0.29) is 19.4 Å². The minimum absolute atomic E-state index is 0.121. The second-order valence-corrected chi connectivity index (χ2v) is 17.2. The van der Waals surface area contributed by atoms with E-state index in [9.17, 15) is 37.9 Å². The lowest BCUT2D eigenvalue weighted by Crippen LogP contribution is -2.60. The van der Waals surface area contributed by atoms with Crippen molar-refractivity contribution >= 4 is 22.1 Å². The molecule has 1 rings (SSSR count). The average Bonchev–Trinajstić information content (AvgIpc) is 3.21. The summed E-state index contributed by atoms with van der Waals surface area (Å²) in [4.78, 5) is 25.4. The molecule has 4 N–H and O–H groups in total. The van der Waals surface area contributed by atoms with E-state index in [4.69, 9.17) is 18.9 Å². The Bertz CT molecular complexity index is 1340. The minimum Gasteiger partial charge on any atom is -0.462 e. The summed E-state index contributed by atoms with van der Waals surface area (Å²) in [7, 11) is -4.61. The number of ether oxygens (including phenoxy) is 4. The highest BCUT2D eigenvalue weighted by molar-refractivity contribution is 7.85. The molecule has 13 heteroatoms. The third kappa shape index (κ3) is 31.2. The van der Waals surface area contributed by atoms with E-state index in [2.05, 4.69) is 74.6 Å². The van der Waals surface area contributed by atoms with Gasteiger partial charge in [0.2, 0.25) is 0 Å². The summed E-state index contributed by atoms with van der Waals surface area (Å²) in [5, 5.41) is 30.9. The van der Waals surface area contributed by atoms with Gasteiger partial charge in [-0.15, -0.1) is 0 Å². The maximum atomic E-state index is 12.8. The van der Waals surface area contributed by atoms with Crippen LogP contribution >= 0.6 is 0 Å². The fourth-order valence-electron chi connectivity index (χ4n) is 6.48. The van der Waals surface area contributed by atoms with Crippen LogP contribution in [0.5, 0.6) is 0 Å². The first-order chi connectivity index (χ1) is 29.0. The number of aliphatic hydroxyl groups excluding tert-OH is 3. The molecule has 0 bridgehead atoms. The van der Waals surface area contributed by atoms with Gasteiger partial charge in [-0.1, -0.05) is 139 Å². The van der Waals surface area contributed by atoms with Crippen LogP contribution in [0.25, 0.3) is 0 Å². The van der Waals surface area contributed by atoms with E-state index < -0.39 is 71.2 Å². The van der Waals surface area contributed by atoms with Crippen LogP contribution in [-0.2, 0) is 38.7 Å². The number of carbonyl (C=O) groups is 2. The maximum absolute atomic E-state index is 12.8. The van der Waals surface area contributed by atoms with E-state index in [0.29, 0.717) is 12.8 Å². The van der Waals surface area contributed by atoms with Crippen LogP contribution in [-0.4, -0.2) is 96.0 Å². The number of rotatable bonds is 37. The number of esters is 2. The minimum atomic E-state index is -4.61. The number of hydrogen-bond donors (Lipinski definition) is 4. The van der Waals surface area contributed by atoms with Crippen molar-refractivity contribution in [3.8, 4) is 0 Å². The predicted octanol–water partition coefficient (Wildman–Crippen LogP) is 9.34. The molecule has 6 atom stereocenters. The van der Waals surface area contributed by atoms with Crippen LogP contribution < -0.4 is 0 Å². The topological polar surface area (TPSA) is 186 Å². The monoisotopic (exact) mass is 869 g/mol. The Morgan fingerprint density at radius 3 is 1.57 bits per heavy atom. The number of allylic oxidation sites excluding steroid dienone is 10. The zero-order valence-corrected chi connectivity index (χ0v) is 37.6. The standard InChI is InChI=1S/C47H80O12S/c1-3-5-7-9-11-13-15-17-19-20-22-24-26-28-30-32-34-36-43(49)58-40(38-57-47-46(52)45(51)44(50)41(59-47)39-60(53,54)55)37-56-42(48)35-33-31-29-27-25-23-21-18-16-14-12-10-8-6-4-2/h7,9,13,15,19-20,23-26,40-41,44-47,50-52H,3-6,8,10-12,14,16-18,21-22,27-39H2,1-2H3,(H,53,54,55)/b9-7+,15-13+,20-19+,25-23+,26-24+/t40-,41-,44-,45?,46?,47+/m1/s1. The highest BCUT2D eigenvalue weighted by Crippen LogP contribution is 2.24. The van der Waals surface area contributed by atoms with Gasteiger partial charge in [0.15, 0.2) is 12.4 Å². The summed E-state index contributed by atoms with van der Waals surface area (Å²) in [6, 6.07) is 0. The van der Waals surface area contributed by atoms with Crippen molar-refractivity contribution in [2.45, 2.75) is 205 Å². The normalized spacial score (nSPS) is 20.7. The van der Waals surface area contributed by atoms with Crippen molar-refractivity contribution in [1.29, 1.82) is 0 Å². The molecule has 12 nitrogen and oxygen atoms in total. The first-order valence-electron chi connectivity index (χ1n) is 22.8. The Morgan fingerprint density at radius 2 is 1.03 bits per heavy atom. The quantitative estimate of drug-likeness (QED) is 0.0201. The molecule has 1 fully saturated rings. The lowest BCUT2D eigenvalue weighted by molar-refractivity contribution is -0.297. The van der Waals surface area contributed by atoms with Gasteiger partial charge in [-0.25, -0.2) is 0 Å². The summed E-state index contributed by atoms with van der Waals surface area (Å²) in [5.74, 6) is -2.05. The van der Waals surface area contributed by atoms with E-state index in [1.54, 1.807) is 0 Å². The van der Waals surface area contributed by atoms with Crippen LogP contribution in [0.4, 0.5) is 0 Å². The molecule has 1 saturated heterocycles. The van der Waals surface area contributed by atoms with Crippen molar-refractivity contribution in [2.75, 3.05) is 19.0 Å². The Labute approximate surface area is 362 Å². The zero-order chi connectivity index (χ0) is 44.1. The third-order valence-corrected chi connectivity index (χ3v) is 10.8. The molecule has 0 spiro atoms. The molecule has 0 aromatic rings. The van der Waals surface area contributed by atoms with Gasteiger partial charge >= 0.3 is 11.9 Å². The molecular weight excluding hydrogens is 789 g/mol. The third-order valence-electron chi connectivity index (χ3n) is 10.1. The van der Waals surface area contributed by atoms with Crippen molar-refractivity contribution in [2.24, 2.45) is 0 Å². The molecule has 1 aliphatic rings. The predicted molar refractivity (Wildman–Crippen MR) is 238 cm³/mol.